The van der Waals surface area contributed by atoms with Crippen molar-refractivity contribution in [1.82, 2.24) is 20.4 Å². The molecule has 3 aliphatic rings. The van der Waals surface area contributed by atoms with Crippen LogP contribution in [0.2, 0.25) is 0 Å². The predicted molar refractivity (Wildman–Crippen MR) is 80.3 cm³/mol. The van der Waals surface area contributed by atoms with Gasteiger partial charge in [0.05, 0.1) is 12.6 Å². The van der Waals surface area contributed by atoms with Crippen molar-refractivity contribution in [3.05, 3.63) is 0 Å². The molecule has 0 aromatic carbocycles. The summed E-state index contributed by atoms with van der Waals surface area (Å²) in [6.45, 7) is 0.766. The highest BCUT2D eigenvalue weighted by atomic mass is 19.4. The van der Waals surface area contributed by atoms with Gasteiger partial charge >= 0.3 is 12.2 Å². The summed E-state index contributed by atoms with van der Waals surface area (Å²) in [7, 11) is 0. The molecule has 0 aromatic heterocycles. The van der Waals surface area contributed by atoms with Crippen LogP contribution in [0.3, 0.4) is 0 Å². The maximum atomic E-state index is 12.3. The van der Waals surface area contributed by atoms with E-state index < -0.39 is 12.7 Å². The van der Waals surface area contributed by atoms with Gasteiger partial charge in [-0.25, -0.2) is 4.79 Å². The lowest BCUT2D eigenvalue weighted by Gasteiger charge is -2.19. The second kappa shape index (κ2) is 6.78. The third-order valence-corrected chi connectivity index (χ3v) is 4.81. The van der Waals surface area contributed by atoms with E-state index in [9.17, 15) is 22.8 Å². The Balaban J connectivity index is 1.34. The predicted octanol–water partition coefficient (Wildman–Crippen LogP) is 0.933. The van der Waals surface area contributed by atoms with Crippen LogP contribution in [0.15, 0.2) is 0 Å². The Morgan fingerprint density at radius 2 is 1.96 bits per heavy atom. The van der Waals surface area contributed by atoms with Gasteiger partial charge in [-0.1, -0.05) is 0 Å². The van der Waals surface area contributed by atoms with Crippen molar-refractivity contribution in [2.24, 2.45) is 5.92 Å². The molecule has 2 heterocycles. The van der Waals surface area contributed by atoms with Crippen molar-refractivity contribution in [3.8, 4) is 0 Å². The first kappa shape index (κ1) is 17.3. The van der Waals surface area contributed by atoms with Gasteiger partial charge < -0.3 is 15.5 Å². The van der Waals surface area contributed by atoms with Gasteiger partial charge in [0.25, 0.3) is 0 Å². The number of carbonyl (C=O) groups excluding carboxylic acids is 2. The number of carbonyl (C=O) groups is 2. The van der Waals surface area contributed by atoms with Crippen LogP contribution in [-0.2, 0) is 4.79 Å². The number of alkyl halides is 3. The summed E-state index contributed by atoms with van der Waals surface area (Å²) >= 11 is 0. The Morgan fingerprint density at radius 1 is 1.21 bits per heavy atom. The van der Waals surface area contributed by atoms with Crippen molar-refractivity contribution in [3.63, 3.8) is 0 Å². The fourth-order valence-corrected chi connectivity index (χ4v) is 3.52. The summed E-state index contributed by atoms with van der Waals surface area (Å²) in [6, 6.07) is -0.173. The SMILES string of the molecule is O=C(NC[C@@H]1CCN(CC(F)(F)F)C1)N[C@H]1CC(=O)N(C2CC2)C1. The van der Waals surface area contributed by atoms with Crippen LogP contribution in [0, 0.1) is 5.92 Å². The fourth-order valence-electron chi connectivity index (χ4n) is 3.52. The van der Waals surface area contributed by atoms with Crippen LogP contribution in [0.25, 0.3) is 0 Å². The van der Waals surface area contributed by atoms with Gasteiger partial charge in [-0.15, -0.1) is 0 Å². The third kappa shape index (κ3) is 4.75. The molecule has 3 fully saturated rings. The summed E-state index contributed by atoms with van der Waals surface area (Å²) < 4.78 is 37.0. The van der Waals surface area contributed by atoms with Gasteiger partial charge in [0.1, 0.15) is 0 Å². The minimum absolute atomic E-state index is 0.0336. The van der Waals surface area contributed by atoms with Gasteiger partial charge in [0.2, 0.25) is 5.91 Å². The van der Waals surface area contributed by atoms with Crippen molar-refractivity contribution >= 4 is 11.9 Å². The molecule has 136 valence electrons. The molecule has 1 saturated carbocycles. The number of hydrogen-bond donors (Lipinski definition) is 2. The van der Waals surface area contributed by atoms with Crippen LogP contribution in [0.5, 0.6) is 0 Å². The number of nitrogens with zero attached hydrogens (tertiary/aromatic N) is 2. The van der Waals surface area contributed by atoms with E-state index >= 15 is 0 Å². The van der Waals surface area contributed by atoms with Gasteiger partial charge in [0, 0.05) is 32.1 Å². The van der Waals surface area contributed by atoms with Gasteiger partial charge in [-0.2, -0.15) is 13.2 Å². The van der Waals surface area contributed by atoms with E-state index in [-0.39, 0.29) is 23.9 Å². The topological polar surface area (TPSA) is 64.7 Å². The van der Waals surface area contributed by atoms with Crippen molar-refractivity contribution in [2.75, 3.05) is 32.7 Å². The Hall–Kier alpha value is -1.51. The highest BCUT2D eigenvalue weighted by molar-refractivity contribution is 5.82. The third-order valence-electron chi connectivity index (χ3n) is 4.81. The lowest BCUT2D eigenvalue weighted by atomic mass is 10.1. The summed E-state index contributed by atoms with van der Waals surface area (Å²) in [4.78, 5) is 26.9. The average molecular weight is 348 g/mol. The van der Waals surface area contributed by atoms with Gasteiger partial charge in [-0.3, -0.25) is 9.69 Å². The average Bonchev–Trinajstić information content (AvgIpc) is 3.12. The molecule has 24 heavy (non-hydrogen) atoms. The van der Waals surface area contributed by atoms with E-state index in [1.807, 2.05) is 4.90 Å². The van der Waals surface area contributed by atoms with E-state index in [4.69, 9.17) is 0 Å². The van der Waals surface area contributed by atoms with Crippen LogP contribution in [0.1, 0.15) is 25.7 Å². The van der Waals surface area contributed by atoms with E-state index in [1.165, 1.54) is 4.90 Å². The molecule has 0 aromatic rings. The summed E-state index contributed by atoms with van der Waals surface area (Å²) in [5.74, 6) is 0.118. The smallest absolute Gasteiger partial charge is 0.338 e. The minimum Gasteiger partial charge on any atom is -0.338 e. The first-order valence-corrected chi connectivity index (χ1v) is 8.43. The quantitative estimate of drug-likeness (QED) is 0.777. The van der Waals surface area contributed by atoms with E-state index in [0.717, 1.165) is 12.8 Å². The number of hydrogen-bond acceptors (Lipinski definition) is 3. The highest BCUT2D eigenvalue weighted by Crippen LogP contribution is 2.30. The molecular formula is C15H23F3N4O2. The highest BCUT2D eigenvalue weighted by Gasteiger charge is 2.40. The second-order valence-electron chi connectivity index (χ2n) is 7.04. The molecule has 2 N–H and O–H groups in total. The molecule has 2 aliphatic heterocycles. The maximum absolute atomic E-state index is 12.3. The molecule has 0 spiro atoms. The van der Waals surface area contributed by atoms with Crippen LogP contribution in [-0.4, -0.2) is 72.7 Å². The first-order chi connectivity index (χ1) is 11.3. The zero-order valence-electron chi connectivity index (χ0n) is 13.4. The number of halogens is 3. The lowest BCUT2D eigenvalue weighted by Crippen LogP contribution is -2.45. The summed E-state index contributed by atoms with van der Waals surface area (Å²) in [5, 5.41) is 5.51. The molecule has 0 bridgehead atoms. The zero-order chi connectivity index (χ0) is 17.3. The molecule has 6 nitrogen and oxygen atoms in total. The molecule has 3 amide bonds. The minimum atomic E-state index is -4.18. The molecule has 3 rings (SSSR count). The van der Waals surface area contributed by atoms with Crippen molar-refractivity contribution in [2.45, 2.75) is 43.9 Å². The Labute approximate surface area is 138 Å². The normalized spacial score (nSPS) is 28.5. The molecule has 0 radical (unpaired) electrons. The Kier molecular flexibility index (Phi) is 4.89. The Morgan fingerprint density at radius 3 is 2.62 bits per heavy atom. The number of rotatable bonds is 5. The van der Waals surface area contributed by atoms with Crippen LogP contribution < -0.4 is 10.6 Å². The van der Waals surface area contributed by atoms with Crippen molar-refractivity contribution < 1.29 is 22.8 Å². The maximum Gasteiger partial charge on any atom is 0.401 e. The standard InChI is InChI=1S/C15H23F3N4O2/c16-15(17,18)9-21-4-3-10(7-21)6-19-14(24)20-11-5-13(23)22(8-11)12-1-2-12/h10-12H,1-9H2,(H2,19,20,24)/t10-,11-/m0/s1. The molecule has 1 aliphatic carbocycles. The second-order valence-corrected chi connectivity index (χ2v) is 7.04. The number of likely N-dealkylation sites (tertiary alicyclic amines) is 2. The van der Waals surface area contributed by atoms with E-state index in [0.29, 0.717) is 45.1 Å². The number of urea groups is 1. The fraction of sp³-hybridized carbons (Fsp3) is 0.867. The number of amides is 3. The summed E-state index contributed by atoms with van der Waals surface area (Å²) in [6.07, 6.45) is -1.12. The van der Waals surface area contributed by atoms with Crippen molar-refractivity contribution in [1.29, 1.82) is 0 Å². The first-order valence-electron chi connectivity index (χ1n) is 8.43. The van der Waals surface area contributed by atoms with E-state index in [2.05, 4.69) is 10.6 Å². The molecule has 2 atom stereocenters. The Bertz CT molecular complexity index is 496. The molecule has 2 saturated heterocycles. The van der Waals surface area contributed by atoms with Gasteiger partial charge in [-0.05, 0) is 31.7 Å². The van der Waals surface area contributed by atoms with Gasteiger partial charge in [0.15, 0.2) is 0 Å². The summed E-state index contributed by atoms with van der Waals surface area (Å²) in [5.41, 5.74) is 0. The monoisotopic (exact) mass is 348 g/mol. The van der Waals surface area contributed by atoms with Crippen LogP contribution in [0.4, 0.5) is 18.0 Å². The lowest BCUT2D eigenvalue weighted by molar-refractivity contribution is -0.143. The van der Waals surface area contributed by atoms with E-state index in [1.54, 1.807) is 0 Å². The molecule has 0 unspecified atom stereocenters. The zero-order valence-corrected chi connectivity index (χ0v) is 13.4. The molecule has 9 heteroatoms. The number of nitrogens with one attached hydrogen (secondary N) is 2. The van der Waals surface area contributed by atoms with Crippen LogP contribution >= 0.6 is 0 Å². The molecular weight excluding hydrogens is 325 g/mol. The largest absolute Gasteiger partial charge is 0.401 e.